The Morgan fingerprint density at radius 2 is 1.61 bits per heavy atom. The highest BCUT2D eigenvalue weighted by Crippen LogP contribution is 2.41. The van der Waals surface area contributed by atoms with E-state index in [0.29, 0.717) is 22.4 Å². The zero-order valence-electron chi connectivity index (χ0n) is 16.1. The Labute approximate surface area is 164 Å². The fraction of sp³-hybridized carbons (Fsp3) is 0.167. The van der Waals surface area contributed by atoms with E-state index in [1.807, 2.05) is 56.3 Å². The first-order chi connectivity index (χ1) is 13.4. The second-order valence-electron chi connectivity index (χ2n) is 7.34. The molecule has 3 aromatic carbocycles. The summed E-state index contributed by atoms with van der Waals surface area (Å²) < 4.78 is 0. The predicted molar refractivity (Wildman–Crippen MR) is 109 cm³/mol. The van der Waals surface area contributed by atoms with Crippen LogP contribution in [0.25, 0.3) is 0 Å². The molecule has 140 valence electrons. The monoisotopic (exact) mass is 371 g/mol. The number of anilines is 1. The fourth-order valence-corrected chi connectivity index (χ4v) is 3.84. The first-order valence-electron chi connectivity index (χ1n) is 9.22. The molecular formula is C24H21NO3. The molecule has 1 heterocycles. The molecule has 1 atom stereocenters. The van der Waals surface area contributed by atoms with Gasteiger partial charge >= 0.3 is 0 Å². The van der Waals surface area contributed by atoms with Crippen LogP contribution < -0.4 is 4.90 Å². The summed E-state index contributed by atoms with van der Waals surface area (Å²) in [5, 5.41) is 10.5. The van der Waals surface area contributed by atoms with Crippen molar-refractivity contribution in [3.05, 3.63) is 94.0 Å². The smallest absolute Gasteiger partial charge is 0.259 e. The van der Waals surface area contributed by atoms with Gasteiger partial charge in [-0.3, -0.25) is 14.5 Å². The van der Waals surface area contributed by atoms with Crippen molar-refractivity contribution in [2.75, 3.05) is 4.90 Å². The summed E-state index contributed by atoms with van der Waals surface area (Å²) in [6.45, 7) is 5.62. The zero-order chi connectivity index (χ0) is 20.0. The summed E-state index contributed by atoms with van der Waals surface area (Å²) in [6.07, 6.45) is 0. The van der Waals surface area contributed by atoms with Crippen molar-refractivity contribution in [1.82, 2.24) is 0 Å². The minimum atomic E-state index is -0.807. The Morgan fingerprint density at radius 3 is 2.32 bits per heavy atom. The number of carbonyl (C=O) groups is 2. The molecule has 0 radical (unpaired) electrons. The molecule has 4 nitrogen and oxygen atoms in total. The van der Waals surface area contributed by atoms with Crippen LogP contribution in [0.4, 0.5) is 5.69 Å². The summed E-state index contributed by atoms with van der Waals surface area (Å²) >= 11 is 0. The third kappa shape index (κ3) is 2.78. The molecule has 1 unspecified atom stereocenters. The van der Waals surface area contributed by atoms with Crippen molar-refractivity contribution in [2.45, 2.75) is 26.8 Å². The fourth-order valence-electron chi connectivity index (χ4n) is 3.84. The highest BCUT2D eigenvalue weighted by atomic mass is 16.3. The number of ketones is 1. The van der Waals surface area contributed by atoms with E-state index in [2.05, 4.69) is 0 Å². The van der Waals surface area contributed by atoms with E-state index in [4.69, 9.17) is 0 Å². The number of hydrogen-bond acceptors (Lipinski definition) is 3. The molecule has 3 aromatic rings. The third-order valence-corrected chi connectivity index (χ3v) is 5.23. The number of hydrogen-bond donors (Lipinski definition) is 1. The molecule has 1 amide bonds. The van der Waals surface area contributed by atoms with Gasteiger partial charge in [0.05, 0.1) is 5.56 Å². The average Bonchev–Trinajstić information content (AvgIpc) is 2.98. The second-order valence-corrected chi connectivity index (χ2v) is 7.34. The van der Waals surface area contributed by atoms with Crippen LogP contribution in [-0.2, 0) is 0 Å². The minimum absolute atomic E-state index is 0.0312. The summed E-state index contributed by atoms with van der Waals surface area (Å²) in [4.78, 5) is 28.3. The van der Waals surface area contributed by atoms with Crippen LogP contribution in [0.1, 0.15) is 49.0 Å². The van der Waals surface area contributed by atoms with Crippen molar-refractivity contribution in [1.29, 1.82) is 0 Å². The Bertz CT molecular complexity index is 1100. The molecule has 4 rings (SSSR count). The number of carbonyl (C=O) groups excluding carboxylic acids is 2. The van der Waals surface area contributed by atoms with Gasteiger partial charge in [0.1, 0.15) is 11.8 Å². The van der Waals surface area contributed by atoms with Crippen molar-refractivity contribution in [3.63, 3.8) is 0 Å². The van der Waals surface area contributed by atoms with Crippen LogP contribution >= 0.6 is 0 Å². The molecule has 1 aliphatic heterocycles. The topological polar surface area (TPSA) is 57.6 Å². The molecular weight excluding hydrogens is 350 g/mol. The summed E-state index contributed by atoms with van der Waals surface area (Å²) in [6, 6.07) is 17.4. The number of phenolic OH excluding ortho intramolecular Hbond substituents is 1. The first kappa shape index (κ1) is 18.0. The molecule has 1 N–H and O–H groups in total. The lowest BCUT2D eigenvalue weighted by Crippen LogP contribution is -2.32. The number of aromatic hydroxyl groups is 1. The maximum atomic E-state index is 13.6. The van der Waals surface area contributed by atoms with E-state index < -0.39 is 6.04 Å². The number of nitrogens with zero attached hydrogens (tertiary/aromatic N) is 1. The van der Waals surface area contributed by atoms with Gasteiger partial charge in [-0.25, -0.2) is 0 Å². The molecule has 0 aliphatic carbocycles. The largest absolute Gasteiger partial charge is 0.507 e. The van der Waals surface area contributed by atoms with Gasteiger partial charge in [0.15, 0.2) is 5.78 Å². The number of benzene rings is 3. The normalized spacial score (nSPS) is 15.6. The van der Waals surface area contributed by atoms with Gasteiger partial charge in [0, 0.05) is 11.3 Å². The van der Waals surface area contributed by atoms with Crippen LogP contribution in [-0.4, -0.2) is 16.8 Å². The number of aryl methyl sites for hydroxylation is 3. The van der Waals surface area contributed by atoms with Crippen LogP contribution in [0.3, 0.4) is 0 Å². The van der Waals surface area contributed by atoms with Crippen LogP contribution in [0.2, 0.25) is 0 Å². The van der Waals surface area contributed by atoms with E-state index in [1.54, 1.807) is 25.1 Å². The molecule has 0 saturated heterocycles. The lowest BCUT2D eigenvalue weighted by atomic mass is 9.93. The number of phenols is 1. The van der Waals surface area contributed by atoms with Gasteiger partial charge in [-0.15, -0.1) is 0 Å². The molecule has 0 aromatic heterocycles. The van der Waals surface area contributed by atoms with E-state index in [0.717, 1.165) is 11.1 Å². The van der Waals surface area contributed by atoms with E-state index in [-0.39, 0.29) is 23.0 Å². The van der Waals surface area contributed by atoms with E-state index in [1.165, 1.54) is 4.90 Å². The van der Waals surface area contributed by atoms with Gasteiger partial charge in [0.25, 0.3) is 5.91 Å². The van der Waals surface area contributed by atoms with Crippen LogP contribution in [0, 0.1) is 20.8 Å². The average molecular weight is 371 g/mol. The third-order valence-electron chi connectivity index (χ3n) is 5.23. The molecule has 1 aliphatic rings. The van der Waals surface area contributed by atoms with Gasteiger partial charge in [-0.2, -0.15) is 0 Å². The lowest BCUT2D eigenvalue weighted by Gasteiger charge is -2.25. The number of rotatable bonds is 3. The standard InChI is InChI=1S/C24H21NO3/c1-14-8-10-17(11-9-14)25-21(18-6-4-5-7-19(18)24(25)28)23(27)20-13-15(2)12-16(3)22(20)26/h4-13,21,26H,1-3H3. The molecule has 0 saturated carbocycles. The van der Waals surface area contributed by atoms with Crippen molar-refractivity contribution < 1.29 is 14.7 Å². The Morgan fingerprint density at radius 1 is 0.929 bits per heavy atom. The van der Waals surface area contributed by atoms with Gasteiger partial charge < -0.3 is 5.11 Å². The molecule has 0 fully saturated rings. The van der Waals surface area contributed by atoms with Gasteiger partial charge in [0.2, 0.25) is 0 Å². The van der Waals surface area contributed by atoms with Gasteiger partial charge in [-0.05, 0) is 61.7 Å². The first-order valence-corrected chi connectivity index (χ1v) is 9.22. The maximum Gasteiger partial charge on any atom is 0.259 e. The Kier molecular flexibility index (Phi) is 4.27. The Balaban J connectivity index is 1.89. The van der Waals surface area contributed by atoms with E-state index in [9.17, 15) is 14.7 Å². The van der Waals surface area contributed by atoms with Crippen LogP contribution in [0.5, 0.6) is 5.75 Å². The summed E-state index contributed by atoms with van der Waals surface area (Å²) in [5.41, 5.74) is 4.68. The zero-order valence-corrected chi connectivity index (χ0v) is 16.1. The van der Waals surface area contributed by atoms with Crippen molar-refractivity contribution in [3.8, 4) is 5.75 Å². The van der Waals surface area contributed by atoms with Gasteiger partial charge in [-0.1, -0.05) is 42.0 Å². The molecule has 28 heavy (non-hydrogen) atoms. The summed E-state index contributed by atoms with van der Waals surface area (Å²) in [5.74, 6) is -0.527. The lowest BCUT2D eigenvalue weighted by molar-refractivity contribution is 0.0914. The van der Waals surface area contributed by atoms with Crippen LogP contribution in [0.15, 0.2) is 60.7 Å². The SMILES string of the molecule is Cc1ccc(N2C(=O)c3ccccc3C2C(=O)c2cc(C)cc(C)c2O)cc1. The molecule has 4 heteroatoms. The maximum absolute atomic E-state index is 13.6. The minimum Gasteiger partial charge on any atom is -0.507 e. The molecule has 0 spiro atoms. The second kappa shape index (κ2) is 6.64. The summed E-state index contributed by atoms with van der Waals surface area (Å²) in [7, 11) is 0. The highest BCUT2D eigenvalue weighted by Gasteiger charge is 2.42. The quantitative estimate of drug-likeness (QED) is 0.666. The van der Waals surface area contributed by atoms with Crippen molar-refractivity contribution in [2.24, 2.45) is 0 Å². The highest BCUT2D eigenvalue weighted by molar-refractivity contribution is 6.19. The van der Waals surface area contributed by atoms with Crippen molar-refractivity contribution >= 4 is 17.4 Å². The number of amides is 1. The number of Topliss-reactive ketones (excluding diaryl/α,β-unsaturated/α-hetero) is 1. The number of fused-ring (bicyclic) bond motifs is 1. The Hall–Kier alpha value is -3.40. The van der Waals surface area contributed by atoms with E-state index >= 15 is 0 Å². The predicted octanol–water partition coefficient (Wildman–Crippen LogP) is 4.90. The molecule has 0 bridgehead atoms.